The molecule has 22 heavy (non-hydrogen) atoms. The number of anilines is 1. The highest BCUT2D eigenvalue weighted by molar-refractivity contribution is 7.16. The fourth-order valence-electron chi connectivity index (χ4n) is 2.59. The van der Waals surface area contributed by atoms with Gasteiger partial charge in [0, 0.05) is 6.42 Å². The van der Waals surface area contributed by atoms with E-state index >= 15 is 0 Å². The fourth-order valence-corrected chi connectivity index (χ4v) is 3.44. The number of aliphatic hydroxyl groups is 2. The van der Waals surface area contributed by atoms with E-state index < -0.39 is 35.0 Å². The molecule has 10 heteroatoms. The van der Waals surface area contributed by atoms with Crippen molar-refractivity contribution >= 4 is 27.6 Å². The molecule has 120 valence electrons. The molecular weight excluding hydrogens is 312 g/mol. The number of nitrogens with two attached hydrogens (primary N) is 1. The Morgan fingerprint density at radius 2 is 2.32 bits per heavy atom. The number of thiazole rings is 1. The monoisotopic (exact) mass is 328 g/mol. The Morgan fingerprint density at radius 1 is 1.59 bits per heavy atom. The lowest BCUT2D eigenvalue weighted by molar-refractivity contribution is -0.0752. The van der Waals surface area contributed by atoms with Crippen molar-refractivity contribution in [3.05, 3.63) is 20.0 Å². The Hall–Kier alpha value is -1.75. The molecular formula is C12H16N4O5S. The van der Waals surface area contributed by atoms with Gasteiger partial charge in [0.2, 0.25) is 5.95 Å². The van der Waals surface area contributed by atoms with Crippen LogP contribution in [0.5, 0.6) is 0 Å². The molecule has 0 amide bonds. The highest BCUT2D eigenvalue weighted by Crippen LogP contribution is 2.32. The van der Waals surface area contributed by atoms with Crippen molar-refractivity contribution in [1.82, 2.24) is 14.5 Å². The van der Waals surface area contributed by atoms with E-state index in [4.69, 9.17) is 10.5 Å². The third kappa shape index (κ3) is 2.33. The molecule has 0 spiro atoms. The van der Waals surface area contributed by atoms with Gasteiger partial charge in [-0.3, -0.25) is 19.1 Å². The van der Waals surface area contributed by atoms with Crippen LogP contribution >= 0.6 is 11.3 Å². The Bertz CT molecular complexity index is 812. The van der Waals surface area contributed by atoms with Crippen LogP contribution in [0.15, 0.2) is 9.59 Å². The van der Waals surface area contributed by atoms with Crippen molar-refractivity contribution in [3.8, 4) is 0 Å². The van der Waals surface area contributed by atoms with Crippen LogP contribution in [-0.4, -0.2) is 43.1 Å². The van der Waals surface area contributed by atoms with Crippen LogP contribution in [0.3, 0.4) is 0 Å². The second kappa shape index (κ2) is 5.47. The van der Waals surface area contributed by atoms with Gasteiger partial charge in [0.05, 0.1) is 12.2 Å². The fraction of sp³-hybridized carbons (Fsp3) is 0.583. The van der Waals surface area contributed by atoms with E-state index in [1.54, 1.807) is 6.92 Å². The first-order valence-corrected chi connectivity index (χ1v) is 7.66. The number of aromatic nitrogens is 3. The minimum absolute atomic E-state index is 0.0759. The smallest absolute Gasteiger partial charge is 0.311 e. The highest BCUT2D eigenvalue weighted by Gasteiger charge is 2.40. The van der Waals surface area contributed by atoms with Gasteiger partial charge >= 0.3 is 4.87 Å². The van der Waals surface area contributed by atoms with Crippen LogP contribution < -0.4 is 16.2 Å². The number of hydrogen-bond acceptors (Lipinski definition) is 8. The van der Waals surface area contributed by atoms with Gasteiger partial charge in [0.15, 0.2) is 11.9 Å². The maximum absolute atomic E-state index is 12.2. The summed E-state index contributed by atoms with van der Waals surface area (Å²) in [6, 6.07) is 0. The zero-order valence-electron chi connectivity index (χ0n) is 11.7. The lowest BCUT2D eigenvalue weighted by Crippen LogP contribution is -2.28. The predicted octanol–water partition coefficient (Wildman–Crippen LogP) is -0.852. The Labute approximate surface area is 128 Å². The normalized spacial score (nSPS) is 26.6. The van der Waals surface area contributed by atoms with E-state index in [2.05, 4.69) is 9.97 Å². The van der Waals surface area contributed by atoms with Crippen molar-refractivity contribution < 1.29 is 14.9 Å². The average Bonchev–Trinajstić information content (AvgIpc) is 2.98. The number of hydrogen-bond donors (Lipinski definition) is 4. The van der Waals surface area contributed by atoms with Crippen molar-refractivity contribution in [2.75, 3.05) is 5.73 Å². The first-order chi connectivity index (χ1) is 10.4. The van der Waals surface area contributed by atoms with E-state index in [0.29, 0.717) is 17.8 Å². The molecule has 5 N–H and O–H groups in total. The SMILES string of the molecule is CC[C@H](O)[C@@H]1C[C@@H](O)[C@H](n2c(=O)sc3c(=O)[nH]c(N)nc32)O1. The van der Waals surface area contributed by atoms with Crippen molar-refractivity contribution in [3.63, 3.8) is 0 Å². The van der Waals surface area contributed by atoms with Gasteiger partial charge in [0.1, 0.15) is 10.8 Å². The summed E-state index contributed by atoms with van der Waals surface area (Å²) in [7, 11) is 0. The Morgan fingerprint density at radius 3 is 3.00 bits per heavy atom. The lowest BCUT2D eigenvalue weighted by Gasteiger charge is -2.18. The average molecular weight is 328 g/mol. The zero-order chi connectivity index (χ0) is 16.0. The third-order valence-corrected chi connectivity index (χ3v) is 4.65. The van der Waals surface area contributed by atoms with Crippen LogP contribution in [0.1, 0.15) is 26.0 Å². The number of ether oxygens (including phenoxy) is 1. The van der Waals surface area contributed by atoms with Gasteiger partial charge in [0.25, 0.3) is 5.56 Å². The molecule has 3 rings (SSSR count). The van der Waals surface area contributed by atoms with Gasteiger partial charge < -0.3 is 20.7 Å². The molecule has 0 radical (unpaired) electrons. The molecule has 1 saturated heterocycles. The molecule has 9 nitrogen and oxygen atoms in total. The van der Waals surface area contributed by atoms with Gasteiger partial charge in [-0.15, -0.1) is 0 Å². The topological polar surface area (TPSA) is 143 Å². The number of aliphatic hydroxyl groups excluding tert-OH is 2. The number of H-pyrrole nitrogens is 1. The number of nitrogens with one attached hydrogen (secondary N) is 1. The number of nitrogen functional groups attached to an aromatic ring is 1. The molecule has 2 aromatic heterocycles. The summed E-state index contributed by atoms with van der Waals surface area (Å²) in [5.74, 6) is -0.123. The number of rotatable bonds is 3. The largest absolute Gasteiger partial charge is 0.390 e. The lowest BCUT2D eigenvalue weighted by atomic mass is 10.1. The number of fused-ring (bicyclic) bond motifs is 1. The molecule has 1 aliphatic rings. The van der Waals surface area contributed by atoms with Crippen LogP contribution in [-0.2, 0) is 4.74 Å². The van der Waals surface area contributed by atoms with Gasteiger partial charge in [-0.1, -0.05) is 18.3 Å². The summed E-state index contributed by atoms with van der Waals surface area (Å²) >= 11 is 0.710. The van der Waals surface area contributed by atoms with E-state index in [9.17, 15) is 19.8 Å². The van der Waals surface area contributed by atoms with Crippen LogP contribution in [0.25, 0.3) is 10.3 Å². The maximum Gasteiger partial charge on any atom is 0.311 e. The van der Waals surface area contributed by atoms with Crippen LogP contribution in [0.4, 0.5) is 5.95 Å². The molecule has 0 bridgehead atoms. The molecule has 4 atom stereocenters. The summed E-state index contributed by atoms with van der Waals surface area (Å²) in [6.45, 7) is 1.79. The van der Waals surface area contributed by atoms with Gasteiger partial charge in [-0.2, -0.15) is 4.98 Å². The number of nitrogens with zero attached hydrogens (tertiary/aromatic N) is 2. The molecule has 3 heterocycles. The molecule has 2 aromatic rings. The van der Waals surface area contributed by atoms with E-state index in [-0.39, 0.29) is 22.7 Å². The summed E-state index contributed by atoms with van der Waals surface area (Å²) in [4.78, 5) is 29.8. The third-order valence-electron chi connectivity index (χ3n) is 3.71. The summed E-state index contributed by atoms with van der Waals surface area (Å²) in [5.41, 5.74) is 5.08. The summed E-state index contributed by atoms with van der Waals surface area (Å²) in [6.07, 6.45) is -2.63. The van der Waals surface area contributed by atoms with Crippen molar-refractivity contribution in [1.29, 1.82) is 0 Å². The van der Waals surface area contributed by atoms with Crippen LogP contribution in [0, 0.1) is 0 Å². The van der Waals surface area contributed by atoms with Crippen LogP contribution in [0.2, 0.25) is 0 Å². The molecule has 1 aliphatic heterocycles. The molecule has 0 unspecified atom stereocenters. The predicted molar refractivity (Wildman–Crippen MR) is 79.7 cm³/mol. The second-order valence-electron chi connectivity index (χ2n) is 5.19. The maximum atomic E-state index is 12.2. The van der Waals surface area contributed by atoms with E-state index in [0.717, 1.165) is 4.57 Å². The standard InChI is InChI=1S/C12H16N4O5S/c1-2-4(17)6-3-5(18)10(21-6)16-8-7(22-12(16)20)9(19)15-11(13)14-8/h4-6,10,17-18H,2-3H2,1H3,(H3,13,14,15,19)/t4-,5+,6-,10+/m0/s1. The molecule has 0 aliphatic carbocycles. The summed E-state index contributed by atoms with van der Waals surface area (Å²) in [5, 5.41) is 20.0. The van der Waals surface area contributed by atoms with E-state index in [1.807, 2.05) is 0 Å². The first-order valence-electron chi connectivity index (χ1n) is 6.84. The molecule has 0 aromatic carbocycles. The molecule has 1 fully saturated rings. The van der Waals surface area contributed by atoms with Gasteiger partial charge in [-0.05, 0) is 6.42 Å². The van der Waals surface area contributed by atoms with E-state index in [1.165, 1.54) is 0 Å². The quantitative estimate of drug-likeness (QED) is 0.574. The highest BCUT2D eigenvalue weighted by atomic mass is 32.1. The minimum atomic E-state index is -0.999. The zero-order valence-corrected chi connectivity index (χ0v) is 12.5. The summed E-state index contributed by atoms with van der Waals surface area (Å²) < 4.78 is 6.86. The minimum Gasteiger partial charge on any atom is -0.390 e. The first kappa shape index (κ1) is 15.2. The van der Waals surface area contributed by atoms with Crippen molar-refractivity contribution in [2.24, 2.45) is 0 Å². The second-order valence-corrected chi connectivity index (χ2v) is 6.15. The number of aromatic amines is 1. The molecule has 0 saturated carbocycles. The van der Waals surface area contributed by atoms with Gasteiger partial charge in [-0.25, -0.2) is 0 Å². The Kier molecular flexibility index (Phi) is 3.77. The Balaban J connectivity index is 2.09. The van der Waals surface area contributed by atoms with Crippen molar-refractivity contribution in [2.45, 2.75) is 44.3 Å².